The number of benzene rings is 3. The van der Waals surface area contributed by atoms with Gasteiger partial charge in [-0.05, 0) is 33.9 Å². The fraction of sp³-hybridized carbons (Fsp3) is 0.200. The first-order valence-electron chi connectivity index (χ1n) is 9.91. The van der Waals surface area contributed by atoms with Crippen LogP contribution in [0.15, 0.2) is 84.9 Å². The minimum atomic E-state index is -2.89. The molecule has 1 unspecified atom stereocenters. The smallest absolute Gasteiger partial charge is 0.316 e. The van der Waals surface area contributed by atoms with Gasteiger partial charge in [0.1, 0.15) is 0 Å². The summed E-state index contributed by atoms with van der Waals surface area (Å²) in [5.41, 5.74) is 5.37. The summed E-state index contributed by atoms with van der Waals surface area (Å²) in [5.74, 6) is 0. The lowest BCUT2D eigenvalue weighted by molar-refractivity contribution is 0.272. The first-order valence-corrected chi connectivity index (χ1v) is 11.2. The van der Waals surface area contributed by atoms with Crippen LogP contribution in [0.1, 0.15) is 48.9 Å². The molecule has 152 valence electrons. The van der Waals surface area contributed by atoms with Crippen LogP contribution in [0.25, 0.3) is 11.6 Å². The molecule has 0 bridgehead atoms. The third-order valence-corrected chi connectivity index (χ3v) is 4.71. The van der Waals surface area contributed by atoms with E-state index < -0.39 is 8.25 Å². The van der Waals surface area contributed by atoms with E-state index in [-0.39, 0.29) is 6.61 Å². The van der Waals surface area contributed by atoms with Gasteiger partial charge in [0.15, 0.2) is 0 Å². The number of unbranched alkanes of at least 4 members (excludes halogenated alkanes) is 1. The van der Waals surface area contributed by atoms with Crippen molar-refractivity contribution in [2.75, 3.05) is 0 Å². The lowest BCUT2D eigenvalue weighted by atomic mass is 9.95. The third kappa shape index (κ3) is 8.21. The Bertz CT molecular complexity index is 845. The fourth-order valence-electron chi connectivity index (χ4n) is 2.59. The molecule has 0 amide bonds. The molecule has 0 aliphatic heterocycles. The summed E-state index contributed by atoms with van der Waals surface area (Å²) in [7, 11) is -2.89. The molecule has 3 rings (SSSR count). The second kappa shape index (κ2) is 12.9. The van der Waals surface area contributed by atoms with Crippen LogP contribution in [-0.2, 0) is 15.7 Å². The highest BCUT2D eigenvalue weighted by Gasteiger charge is 2.05. The van der Waals surface area contributed by atoms with Gasteiger partial charge in [0.25, 0.3) is 0 Å². The monoisotopic (exact) mass is 408 g/mol. The van der Waals surface area contributed by atoms with Gasteiger partial charge in [0.2, 0.25) is 0 Å². The molecule has 0 fully saturated rings. The largest absolute Gasteiger partial charge is 0.326 e. The van der Waals surface area contributed by atoms with Gasteiger partial charge in [-0.3, -0.25) is 4.57 Å². The van der Waals surface area contributed by atoms with E-state index in [9.17, 15) is 4.57 Å². The maximum Gasteiger partial charge on any atom is 0.316 e. The molecule has 29 heavy (non-hydrogen) atoms. The normalized spacial score (nSPS) is 11.1. The molecule has 0 aliphatic carbocycles. The Morgan fingerprint density at radius 2 is 1.31 bits per heavy atom. The van der Waals surface area contributed by atoms with E-state index in [1.165, 1.54) is 12.8 Å². The van der Waals surface area contributed by atoms with Crippen LogP contribution in [0.5, 0.6) is 0 Å². The highest BCUT2D eigenvalue weighted by molar-refractivity contribution is 7.32. The molecule has 0 heterocycles. The minimum absolute atomic E-state index is 0.141. The zero-order valence-electron chi connectivity index (χ0n) is 17.0. The van der Waals surface area contributed by atoms with Crippen molar-refractivity contribution in [3.05, 3.63) is 107 Å². The Kier molecular flexibility index (Phi) is 10.2. The van der Waals surface area contributed by atoms with Crippen molar-refractivity contribution >= 4 is 19.9 Å². The average molecular weight is 408 g/mol. The Labute approximate surface area is 174 Å². The van der Waals surface area contributed by atoms with Crippen molar-refractivity contribution in [1.29, 1.82) is 0 Å². The molecule has 0 aromatic heterocycles. The SMILES string of the molecule is CCCC.O=[PH](O)OCc1ccc(C=C(c2ccccc2)c2ccccc2)cc1. The van der Waals surface area contributed by atoms with Crippen molar-refractivity contribution in [3.8, 4) is 0 Å². The van der Waals surface area contributed by atoms with Gasteiger partial charge in [0.05, 0.1) is 6.61 Å². The molecular formula is C25H29O3P. The summed E-state index contributed by atoms with van der Waals surface area (Å²) in [6.07, 6.45) is 4.78. The maximum atomic E-state index is 10.7. The zero-order valence-corrected chi connectivity index (χ0v) is 18.0. The van der Waals surface area contributed by atoms with Crippen molar-refractivity contribution < 1.29 is 14.0 Å². The molecule has 1 atom stereocenters. The Morgan fingerprint density at radius 1 is 0.828 bits per heavy atom. The van der Waals surface area contributed by atoms with Gasteiger partial charge in [-0.25, -0.2) is 0 Å². The van der Waals surface area contributed by atoms with E-state index in [1.807, 2.05) is 60.7 Å². The van der Waals surface area contributed by atoms with Crippen molar-refractivity contribution in [2.45, 2.75) is 33.3 Å². The second-order valence-corrected chi connectivity index (χ2v) is 7.41. The predicted molar refractivity (Wildman–Crippen MR) is 123 cm³/mol. The summed E-state index contributed by atoms with van der Waals surface area (Å²) in [4.78, 5) is 8.75. The molecule has 3 aromatic rings. The molecule has 4 heteroatoms. The van der Waals surface area contributed by atoms with E-state index >= 15 is 0 Å². The lowest BCUT2D eigenvalue weighted by Crippen LogP contribution is -1.89. The Morgan fingerprint density at radius 3 is 1.72 bits per heavy atom. The number of hydrogen-bond acceptors (Lipinski definition) is 2. The molecule has 3 aromatic carbocycles. The van der Waals surface area contributed by atoms with Gasteiger partial charge in [-0.2, -0.15) is 0 Å². The van der Waals surface area contributed by atoms with E-state index in [0.717, 1.165) is 27.8 Å². The van der Waals surface area contributed by atoms with Gasteiger partial charge in [-0.1, -0.05) is 112 Å². The summed E-state index contributed by atoms with van der Waals surface area (Å²) in [6, 6.07) is 28.3. The quantitative estimate of drug-likeness (QED) is 0.339. The van der Waals surface area contributed by atoms with Crippen LogP contribution in [0.4, 0.5) is 0 Å². The zero-order chi connectivity index (χ0) is 20.9. The molecule has 1 N–H and O–H groups in total. The van der Waals surface area contributed by atoms with Crippen LogP contribution in [-0.4, -0.2) is 4.89 Å². The number of hydrogen-bond donors (Lipinski definition) is 1. The molecule has 0 saturated carbocycles. The van der Waals surface area contributed by atoms with Crippen LogP contribution < -0.4 is 0 Å². The molecule has 0 radical (unpaired) electrons. The van der Waals surface area contributed by atoms with E-state index in [4.69, 9.17) is 9.42 Å². The van der Waals surface area contributed by atoms with Crippen LogP contribution in [0.2, 0.25) is 0 Å². The predicted octanol–water partition coefficient (Wildman–Crippen LogP) is 6.98. The first kappa shape index (κ1) is 22.8. The highest BCUT2D eigenvalue weighted by atomic mass is 31.1. The summed E-state index contributed by atoms with van der Waals surface area (Å²) in [5, 5.41) is 0. The van der Waals surface area contributed by atoms with E-state index in [0.29, 0.717) is 0 Å². The van der Waals surface area contributed by atoms with Crippen LogP contribution in [0.3, 0.4) is 0 Å². The van der Waals surface area contributed by atoms with Gasteiger partial charge in [-0.15, -0.1) is 0 Å². The molecule has 0 aliphatic rings. The third-order valence-electron chi connectivity index (χ3n) is 4.32. The molecule has 0 spiro atoms. The van der Waals surface area contributed by atoms with Gasteiger partial charge < -0.3 is 9.42 Å². The standard InChI is InChI=1S/C21H19O3P.C4H10/c22-25(23)24-16-18-13-11-17(12-14-18)15-21(19-7-3-1-4-8-19)20-9-5-2-6-10-20;1-3-4-2/h1-15,25H,16H2,(H,22,23);3-4H2,1-2H3. The van der Waals surface area contributed by atoms with Crippen molar-refractivity contribution in [2.24, 2.45) is 0 Å². The fourth-order valence-corrected chi connectivity index (χ4v) is 2.88. The van der Waals surface area contributed by atoms with Crippen molar-refractivity contribution in [3.63, 3.8) is 0 Å². The summed E-state index contributed by atoms with van der Waals surface area (Å²) in [6.45, 7) is 4.50. The molecule has 3 nitrogen and oxygen atoms in total. The molecule has 0 saturated heterocycles. The Balaban J connectivity index is 0.000000687. The highest BCUT2D eigenvalue weighted by Crippen LogP contribution is 2.26. The topological polar surface area (TPSA) is 46.5 Å². The second-order valence-electron chi connectivity index (χ2n) is 6.59. The van der Waals surface area contributed by atoms with Crippen LogP contribution in [0, 0.1) is 0 Å². The molecular weight excluding hydrogens is 379 g/mol. The summed E-state index contributed by atoms with van der Waals surface area (Å²) >= 11 is 0. The Hall–Kier alpha value is -2.45. The van der Waals surface area contributed by atoms with E-state index in [2.05, 4.69) is 44.2 Å². The number of rotatable bonds is 7. The van der Waals surface area contributed by atoms with Gasteiger partial charge in [0, 0.05) is 0 Å². The van der Waals surface area contributed by atoms with Gasteiger partial charge >= 0.3 is 8.25 Å². The first-order chi connectivity index (χ1) is 14.1. The summed E-state index contributed by atoms with van der Waals surface area (Å²) < 4.78 is 15.4. The van der Waals surface area contributed by atoms with Crippen molar-refractivity contribution in [1.82, 2.24) is 0 Å². The lowest BCUT2D eigenvalue weighted by Gasteiger charge is -2.09. The average Bonchev–Trinajstić information content (AvgIpc) is 2.78. The minimum Gasteiger partial charge on any atom is -0.326 e. The van der Waals surface area contributed by atoms with Crippen LogP contribution >= 0.6 is 8.25 Å². The maximum absolute atomic E-state index is 10.7. The van der Waals surface area contributed by atoms with E-state index in [1.54, 1.807) is 0 Å².